The summed E-state index contributed by atoms with van der Waals surface area (Å²) < 4.78 is 38.0. The van der Waals surface area contributed by atoms with Crippen LogP contribution in [-0.4, -0.2) is 52.0 Å². The average Bonchev–Trinajstić information content (AvgIpc) is 3.12. The van der Waals surface area contributed by atoms with Crippen LogP contribution in [0.5, 0.6) is 0 Å². The summed E-state index contributed by atoms with van der Waals surface area (Å²) in [4.78, 5) is 12.3. The molecule has 2 atom stereocenters. The number of hydrogen-bond donors (Lipinski definition) is 2. The Bertz CT molecular complexity index is 947. The van der Waals surface area contributed by atoms with Crippen molar-refractivity contribution in [2.24, 2.45) is 0 Å². The monoisotopic (exact) mass is 413 g/mol. The number of nitrogens with zero attached hydrogens (tertiary/aromatic N) is 3. The van der Waals surface area contributed by atoms with Gasteiger partial charge in [-0.3, -0.25) is 4.79 Å². The molecule has 1 aromatic heterocycles. The van der Waals surface area contributed by atoms with Gasteiger partial charge in [0.2, 0.25) is 11.1 Å². The van der Waals surface area contributed by atoms with Gasteiger partial charge in [0.15, 0.2) is 15.7 Å². The molecule has 1 aliphatic heterocycles. The Morgan fingerprint density at radius 1 is 1.44 bits per heavy atom. The van der Waals surface area contributed by atoms with Gasteiger partial charge in [-0.2, -0.15) is 0 Å². The highest BCUT2D eigenvalue weighted by atomic mass is 32.2. The molecule has 1 fully saturated rings. The minimum atomic E-state index is -3.06. The topological polar surface area (TPSA) is 120 Å². The maximum absolute atomic E-state index is 13.8. The lowest BCUT2D eigenvalue weighted by Crippen LogP contribution is -2.40. The van der Waals surface area contributed by atoms with E-state index in [-0.39, 0.29) is 35.7 Å². The van der Waals surface area contributed by atoms with Crippen LogP contribution in [0.2, 0.25) is 0 Å². The molecule has 2 unspecified atom stereocenters. The van der Waals surface area contributed by atoms with E-state index in [9.17, 15) is 17.6 Å². The van der Waals surface area contributed by atoms with Crippen LogP contribution < -0.4 is 11.2 Å². The Labute approximate surface area is 160 Å². The third kappa shape index (κ3) is 4.78. The molecule has 0 saturated carbocycles. The molecule has 1 aromatic carbocycles. The minimum Gasteiger partial charge on any atom is -0.351 e. The first-order valence-corrected chi connectivity index (χ1v) is 11.1. The molecular formula is C16H20FN5O3S2. The lowest BCUT2D eigenvalue weighted by Gasteiger charge is -2.15. The van der Waals surface area contributed by atoms with Gasteiger partial charge in [0.25, 0.3) is 0 Å². The van der Waals surface area contributed by atoms with Crippen LogP contribution in [-0.2, 0) is 21.1 Å². The van der Waals surface area contributed by atoms with Crippen molar-refractivity contribution < 1.29 is 17.6 Å². The van der Waals surface area contributed by atoms with Gasteiger partial charge in [0.05, 0.1) is 16.8 Å². The van der Waals surface area contributed by atoms with Gasteiger partial charge >= 0.3 is 0 Å². The number of carbonyl (C=O) groups is 1. The van der Waals surface area contributed by atoms with Crippen LogP contribution in [0.1, 0.15) is 24.7 Å². The summed E-state index contributed by atoms with van der Waals surface area (Å²) in [5.74, 6) is 5.78. The first kappa shape index (κ1) is 19.6. The summed E-state index contributed by atoms with van der Waals surface area (Å²) in [5.41, 5.74) is 0.446. The zero-order chi connectivity index (χ0) is 19.6. The molecule has 3 N–H and O–H groups in total. The van der Waals surface area contributed by atoms with Gasteiger partial charge in [0, 0.05) is 12.5 Å². The number of carbonyl (C=O) groups excluding carboxylic acids is 1. The number of rotatable bonds is 6. The second kappa shape index (κ2) is 7.85. The van der Waals surface area contributed by atoms with E-state index in [1.807, 2.05) is 0 Å². The largest absolute Gasteiger partial charge is 0.351 e. The van der Waals surface area contributed by atoms with E-state index in [1.165, 1.54) is 10.7 Å². The molecule has 2 aromatic rings. The van der Waals surface area contributed by atoms with E-state index in [1.54, 1.807) is 25.1 Å². The summed E-state index contributed by atoms with van der Waals surface area (Å²) in [6.45, 7) is 1.68. The van der Waals surface area contributed by atoms with Crippen molar-refractivity contribution in [3.05, 3.63) is 41.5 Å². The third-order valence-electron chi connectivity index (χ3n) is 4.27. The van der Waals surface area contributed by atoms with E-state index < -0.39 is 15.1 Å². The van der Waals surface area contributed by atoms with E-state index in [4.69, 9.17) is 5.84 Å². The van der Waals surface area contributed by atoms with Crippen LogP contribution in [0.25, 0.3) is 0 Å². The second-order valence-electron chi connectivity index (χ2n) is 6.41. The molecule has 0 spiro atoms. The molecule has 1 saturated heterocycles. The van der Waals surface area contributed by atoms with Crippen LogP contribution in [0, 0.1) is 5.82 Å². The molecule has 146 valence electrons. The highest BCUT2D eigenvalue weighted by Crippen LogP contribution is 2.22. The number of thioether (sulfide) groups is 1. The lowest BCUT2D eigenvalue weighted by atomic mass is 10.1. The van der Waals surface area contributed by atoms with Crippen LogP contribution in [0.3, 0.4) is 0 Å². The Kier molecular flexibility index (Phi) is 5.70. The molecule has 0 aliphatic carbocycles. The van der Waals surface area contributed by atoms with Crippen LogP contribution in [0.4, 0.5) is 4.39 Å². The van der Waals surface area contributed by atoms with E-state index in [0.29, 0.717) is 23.0 Å². The summed E-state index contributed by atoms with van der Waals surface area (Å²) >= 11 is 1.11. The van der Waals surface area contributed by atoms with Crippen molar-refractivity contribution in [1.29, 1.82) is 0 Å². The number of nitrogens with two attached hydrogens (primary N) is 1. The molecule has 1 aliphatic rings. The lowest BCUT2D eigenvalue weighted by molar-refractivity contribution is -0.120. The van der Waals surface area contributed by atoms with Gasteiger partial charge in [-0.05, 0) is 25.0 Å². The molecule has 0 bridgehead atoms. The molecule has 8 nitrogen and oxygen atoms in total. The summed E-state index contributed by atoms with van der Waals surface area (Å²) in [7, 11) is -3.06. The Morgan fingerprint density at radius 3 is 2.85 bits per heavy atom. The maximum Gasteiger partial charge on any atom is 0.233 e. The molecule has 27 heavy (non-hydrogen) atoms. The van der Waals surface area contributed by atoms with Crippen molar-refractivity contribution in [3.63, 3.8) is 0 Å². The van der Waals surface area contributed by atoms with Gasteiger partial charge in [-0.25, -0.2) is 17.5 Å². The molecule has 2 heterocycles. The molecule has 0 radical (unpaired) electrons. The fourth-order valence-corrected chi connectivity index (χ4v) is 5.23. The second-order valence-corrected chi connectivity index (χ2v) is 9.94. The van der Waals surface area contributed by atoms with Crippen molar-refractivity contribution in [2.45, 2.75) is 36.2 Å². The number of nitrogens with one attached hydrogen (secondary N) is 1. The minimum absolute atomic E-state index is 0.0318. The zero-order valence-corrected chi connectivity index (χ0v) is 16.3. The van der Waals surface area contributed by atoms with Crippen molar-refractivity contribution in [1.82, 2.24) is 20.2 Å². The average molecular weight is 414 g/mol. The molecule has 1 amide bonds. The highest BCUT2D eigenvalue weighted by molar-refractivity contribution is 8.00. The SMILES string of the molecule is CC(Sc1nnc(Cc2ccccc2F)n1N)C(=O)NC1CCS(=O)(=O)C1. The number of benzene rings is 1. The fraction of sp³-hybridized carbons (Fsp3) is 0.438. The Morgan fingerprint density at radius 2 is 2.19 bits per heavy atom. The zero-order valence-electron chi connectivity index (χ0n) is 14.6. The van der Waals surface area contributed by atoms with Gasteiger partial charge in [-0.15, -0.1) is 10.2 Å². The van der Waals surface area contributed by atoms with E-state index in [2.05, 4.69) is 15.5 Å². The smallest absolute Gasteiger partial charge is 0.233 e. The number of halogens is 1. The predicted molar refractivity (Wildman–Crippen MR) is 99.9 cm³/mol. The molecule has 11 heteroatoms. The Balaban J connectivity index is 1.61. The maximum atomic E-state index is 13.8. The first-order chi connectivity index (χ1) is 12.7. The van der Waals surface area contributed by atoms with Crippen molar-refractivity contribution in [3.8, 4) is 0 Å². The van der Waals surface area contributed by atoms with Gasteiger partial charge < -0.3 is 11.2 Å². The van der Waals surface area contributed by atoms with E-state index in [0.717, 1.165) is 11.8 Å². The molecule has 3 rings (SSSR count). The number of aromatic nitrogens is 3. The molecular weight excluding hydrogens is 393 g/mol. The van der Waals surface area contributed by atoms with Crippen LogP contribution >= 0.6 is 11.8 Å². The summed E-state index contributed by atoms with van der Waals surface area (Å²) in [6.07, 6.45) is 0.600. The fourth-order valence-electron chi connectivity index (χ4n) is 2.76. The first-order valence-electron chi connectivity index (χ1n) is 8.35. The van der Waals surface area contributed by atoms with Crippen molar-refractivity contribution >= 4 is 27.5 Å². The summed E-state index contributed by atoms with van der Waals surface area (Å²) in [6, 6.07) is 5.96. The number of sulfone groups is 1. The third-order valence-corrected chi connectivity index (χ3v) is 7.10. The van der Waals surface area contributed by atoms with Gasteiger partial charge in [-0.1, -0.05) is 30.0 Å². The number of hydrogen-bond acceptors (Lipinski definition) is 7. The van der Waals surface area contributed by atoms with E-state index >= 15 is 0 Å². The van der Waals surface area contributed by atoms with Crippen molar-refractivity contribution in [2.75, 3.05) is 17.3 Å². The van der Waals surface area contributed by atoms with Crippen LogP contribution in [0.15, 0.2) is 29.4 Å². The highest BCUT2D eigenvalue weighted by Gasteiger charge is 2.30. The number of nitrogen functional groups attached to an aromatic ring is 1. The normalized spacial score (nSPS) is 19.7. The Hall–Kier alpha value is -2.14. The number of amides is 1. The quantitative estimate of drug-likeness (QED) is 0.523. The standard InChI is InChI=1S/C16H20FN5O3S2/c1-10(15(23)19-12-6-7-27(24,25)9-12)26-16-21-20-14(22(16)18)8-11-4-2-3-5-13(11)17/h2-5,10,12H,6-9,18H2,1H3,(H,19,23). The van der Waals surface area contributed by atoms with Gasteiger partial charge in [0.1, 0.15) is 5.82 Å². The summed E-state index contributed by atoms with van der Waals surface area (Å²) in [5, 5.41) is 10.5. The predicted octanol–water partition coefficient (Wildman–Crippen LogP) is 0.506.